The van der Waals surface area contributed by atoms with Gasteiger partial charge in [-0.3, -0.25) is 0 Å². The maximum absolute atomic E-state index is 10.4. The molecule has 2 rings (SSSR count). The summed E-state index contributed by atoms with van der Waals surface area (Å²) in [4.78, 5) is 4.24. The van der Waals surface area contributed by atoms with Crippen molar-refractivity contribution in [3.63, 3.8) is 0 Å². The number of aliphatic hydroxyl groups is 1. The normalized spacial score (nSPS) is 14.1. The van der Waals surface area contributed by atoms with Crippen LogP contribution in [0.3, 0.4) is 0 Å². The fourth-order valence-electron chi connectivity index (χ4n) is 1.91. The van der Waals surface area contributed by atoms with E-state index in [9.17, 15) is 5.11 Å². The van der Waals surface area contributed by atoms with Crippen LogP contribution in [0, 0.1) is 13.8 Å². The van der Waals surface area contributed by atoms with Crippen LogP contribution in [-0.2, 0) is 5.60 Å². The second-order valence-electron chi connectivity index (χ2n) is 5.41. The molecule has 4 nitrogen and oxygen atoms in total. The molecule has 6 heteroatoms. The molecule has 0 spiro atoms. The van der Waals surface area contributed by atoms with Crippen LogP contribution in [0.15, 0.2) is 40.0 Å². The highest BCUT2D eigenvalue weighted by Crippen LogP contribution is 2.23. The van der Waals surface area contributed by atoms with Crippen molar-refractivity contribution >= 4 is 47.0 Å². The van der Waals surface area contributed by atoms with E-state index in [4.69, 9.17) is 5.73 Å². The zero-order chi connectivity index (χ0) is 15.5. The van der Waals surface area contributed by atoms with E-state index < -0.39 is 5.60 Å². The van der Waals surface area contributed by atoms with Gasteiger partial charge < -0.3 is 16.2 Å². The number of nitrogens with one attached hydrogen (secondary N) is 1. The lowest BCUT2D eigenvalue weighted by Gasteiger charge is -2.20. The van der Waals surface area contributed by atoms with Crippen LogP contribution in [0.4, 0.5) is 5.69 Å². The fraction of sp³-hybridized carbons (Fsp3) is 0.312. The highest BCUT2D eigenvalue weighted by Gasteiger charge is 2.23. The lowest BCUT2D eigenvalue weighted by atomic mass is 10.00. The largest absolute Gasteiger partial charge is 0.383 e. The van der Waals surface area contributed by atoms with Crippen molar-refractivity contribution < 1.29 is 5.11 Å². The molecule has 0 fully saturated rings. The van der Waals surface area contributed by atoms with Crippen molar-refractivity contribution in [2.75, 3.05) is 11.9 Å². The Morgan fingerprint density at radius 3 is 2.64 bits per heavy atom. The lowest BCUT2D eigenvalue weighted by Crippen LogP contribution is -2.29. The predicted octanol–water partition coefficient (Wildman–Crippen LogP) is 3.62. The molecule has 1 atom stereocenters. The van der Waals surface area contributed by atoms with Crippen molar-refractivity contribution in [1.82, 2.24) is 0 Å². The van der Waals surface area contributed by atoms with Crippen molar-refractivity contribution in [2.45, 2.75) is 26.4 Å². The highest BCUT2D eigenvalue weighted by molar-refractivity contribution is 14.0. The van der Waals surface area contributed by atoms with Gasteiger partial charge in [0.15, 0.2) is 5.96 Å². The first kappa shape index (κ1) is 18.9. The van der Waals surface area contributed by atoms with E-state index in [0.29, 0.717) is 5.96 Å². The number of nitrogens with zero attached hydrogens (tertiary/aromatic N) is 1. The second-order valence-corrected chi connectivity index (χ2v) is 6.19. The molecule has 0 aliphatic rings. The summed E-state index contributed by atoms with van der Waals surface area (Å²) in [6.07, 6.45) is 0. The monoisotopic (exact) mass is 431 g/mol. The number of nitrogens with two attached hydrogens (primary N) is 1. The van der Waals surface area contributed by atoms with Gasteiger partial charge >= 0.3 is 0 Å². The number of benzene rings is 1. The van der Waals surface area contributed by atoms with Crippen LogP contribution in [0.5, 0.6) is 0 Å². The molecule has 0 saturated heterocycles. The molecule has 22 heavy (non-hydrogen) atoms. The van der Waals surface area contributed by atoms with Gasteiger partial charge in [-0.25, -0.2) is 4.99 Å². The number of rotatable bonds is 4. The Morgan fingerprint density at radius 1 is 1.32 bits per heavy atom. The molecule has 4 N–H and O–H groups in total. The predicted molar refractivity (Wildman–Crippen MR) is 105 cm³/mol. The van der Waals surface area contributed by atoms with Crippen molar-refractivity contribution in [1.29, 1.82) is 0 Å². The smallest absolute Gasteiger partial charge is 0.193 e. The summed E-state index contributed by atoms with van der Waals surface area (Å²) in [5, 5.41) is 17.3. The van der Waals surface area contributed by atoms with Crippen LogP contribution >= 0.6 is 35.3 Å². The molecule has 0 saturated carbocycles. The molecule has 2 aromatic rings. The van der Waals surface area contributed by atoms with E-state index in [0.717, 1.165) is 11.3 Å². The van der Waals surface area contributed by atoms with Crippen LogP contribution in [0.2, 0.25) is 0 Å². The number of anilines is 1. The zero-order valence-electron chi connectivity index (χ0n) is 13.0. The average Bonchev–Trinajstić information content (AvgIpc) is 2.96. The topological polar surface area (TPSA) is 70.6 Å². The second kappa shape index (κ2) is 7.94. The third-order valence-corrected chi connectivity index (χ3v) is 4.16. The minimum atomic E-state index is -1.00. The van der Waals surface area contributed by atoms with E-state index in [1.807, 2.05) is 35.0 Å². The molecule has 0 aliphatic heterocycles. The van der Waals surface area contributed by atoms with Crippen LogP contribution in [0.1, 0.15) is 23.6 Å². The van der Waals surface area contributed by atoms with Gasteiger partial charge in [0.05, 0.1) is 6.54 Å². The summed E-state index contributed by atoms with van der Waals surface area (Å²) in [6.45, 7) is 6.07. The molecule has 0 radical (unpaired) electrons. The zero-order valence-corrected chi connectivity index (χ0v) is 16.1. The molecule has 1 unspecified atom stereocenters. The fourth-order valence-corrected chi connectivity index (χ4v) is 2.69. The van der Waals surface area contributed by atoms with Gasteiger partial charge in [0.25, 0.3) is 0 Å². The summed E-state index contributed by atoms with van der Waals surface area (Å²) in [5.74, 6) is 0.300. The molecular weight excluding hydrogens is 409 g/mol. The van der Waals surface area contributed by atoms with Crippen LogP contribution in [0.25, 0.3) is 0 Å². The van der Waals surface area contributed by atoms with E-state index in [1.165, 1.54) is 11.1 Å². The van der Waals surface area contributed by atoms with E-state index in [-0.39, 0.29) is 30.5 Å². The third-order valence-electron chi connectivity index (χ3n) is 3.48. The number of thiophene rings is 1. The first-order chi connectivity index (χ1) is 9.88. The maximum atomic E-state index is 10.4. The number of guanidine groups is 1. The number of aliphatic imine (C=N–C) groups is 1. The molecule has 120 valence electrons. The third kappa shape index (κ3) is 4.96. The average molecular weight is 431 g/mol. The summed E-state index contributed by atoms with van der Waals surface area (Å²) in [6, 6.07) is 7.91. The first-order valence-electron chi connectivity index (χ1n) is 6.78. The highest BCUT2D eigenvalue weighted by atomic mass is 127. The van der Waals surface area contributed by atoms with E-state index in [2.05, 4.69) is 24.2 Å². The summed E-state index contributed by atoms with van der Waals surface area (Å²) >= 11 is 1.55. The molecule has 0 bridgehead atoms. The molecule has 1 aromatic heterocycles. The Hall–Kier alpha value is -1.12. The number of hydrogen-bond donors (Lipinski definition) is 3. The van der Waals surface area contributed by atoms with Crippen molar-refractivity contribution in [3.8, 4) is 0 Å². The number of aryl methyl sites for hydroxylation is 2. The molecule has 0 aliphatic carbocycles. The Labute approximate surface area is 152 Å². The molecule has 1 heterocycles. The Morgan fingerprint density at radius 2 is 2.05 bits per heavy atom. The van der Waals surface area contributed by atoms with E-state index >= 15 is 0 Å². The van der Waals surface area contributed by atoms with Crippen LogP contribution < -0.4 is 11.1 Å². The van der Waals surface area contributed by atoms with Gasteiger partial charge in [-0.15, -0.1) is 24.0 Å². The Balaban J connectivity index is 0.00000242. The van der Waals surface area contributed by atoms with Gasteiger partial charge in [0.1, 0.15) is 5.60 Å². The van der Waals surface area contributed by atoms with Gasteiger partial charge in [-0.05, 0) is 66.4 Å². The molecular formula is C16H22IN3OS. The van der Waals surface area contributed by atoms with Gasteiger partial charge in [-0.2, -0.15) is 11.3 Å². The van der Waals surface area contributed by atoms with Gasteiger partial charge in [-0.1, -0.05) is 6.07 Å². The SMILES string of the molecule is Cc1ccc(NC(N)=NCC(C)(O)c2ccsc2)cc1C.I. The minimum absolute atomic E-state index is 0. The lowest BCUT2D eigenvalue weighted by molar-refractivity contribution is 0.0678. The summed E-state index contributed by atoms with van der Waals surface area (Å²) in [5.41, 5.74) is 9.06. The first-order valence-corrected chi connectivity index (χ1v) is 7.72. The Bertz CT molecular complexity index is 639. The quantitative estimate of drug-likeness (QED) is 0.394. The van der Waals surface area contributed by atoms with Gasteiger partial charge in [0, 0.05) is 5.69 Å². The van der Waals surface area contributed by atoms with Crippen molar-refractivity contribution in [2.24, 2.45) is 10.7 Å². The van der Waals surface area contributed by atoms with Crippen molar-refractivity contribution in [3.05, 3.63) is 51.7 Å². The summed E-state index contributed by atoms with van der Waals surface area (Å²) < 4.78 is 0. The maximum Gasteiger partial charge on any atom is 0.193 e. The van der Waals surface area contributed by atoms with Crippen LogP contribution in [-0.4, -0.2) is 17.6 Å². The van der Waals surface area contributed by atoms with E-state index in [1.54, 1.807) is 18.3 Å². The number of hydrogen-bond acceptors (Lipinski definition) is 3. The number of halogens is 1. The minimum Gasteiger partial charge on any atom is -0.383 e. The molecule has 1 aromatic carbocycles. The van der Waals surface area contributed by atoms with Gasteiger partial charge in [0.2, 0.25) is 0 Å². The Kier molecular flexibility index (Phi) is 6.83. The summed E-state index contributed by atoms with van der Waals surface area (Å²) in [7, 11) is 0. The standard InChI is InChI=1S/C16H21N3OS.HI/c1-11-4-5-14(8-12(11)2)19-15(17)18-10-16(3,20)13-6-7-21-9-13;/h4-9,20H,10H2,1-3H3,(H3,17,18,19);1H. The molecule has 0 amide bonds.